The Balaban J connectivity index is 1.88. The topological polar surface area (TPSA) is 46.0 Å². The van der Waals surface area contributed by atoms with Gasteiger partial charge in [0.15, 0.2) is 0 Å². The van der Waals surface area contributed by atoms with Crippen molar-refractivity contribution in [2.24, 2.45) is 0 Å². The Bertz CT molecular complexity index is 1170. The van der Waals surface area contributed by atoms with Crippen LogP contribution in [0.15, 0.2) is 67.0 Å². The van der Waals surface area contributed by atoms with Crippen LogP contribution in [0.5, 0.6) is 5.75 Å². The van der Waals surface area contributed by atoms with E-state index in [1.807, 2.05) is 12.1 Å². The first-order valence-electron chi connectivity index (χ1n) is 8.65. The van der Waals surface area contributed by atoms with Gasteiger partial charge in [-0.2, -0.15) is 0 Å². The van der Waals surface area contributed by atoms with Crippen molar-refractivity contribution in [3.8, 4) is 5.75 Å². The van der Waals surface area contributed by atoms with Crippen LogP contribution < -0.4 is 0 Å². The zero-order valence-electron chi connectivity index (χ0n) is 14.6. The molecular weight excluding hydrogens is 382 g/mol. The number of phenols is 1. The number of rotatable bonds is 4. The summed E-state index contributed by atoms with van der Waals surface area (Å²) in [6.45, 7) is 0. The van der Waals surface area contributed by atoms with Crippen LogP contribution in [0.2, 0.25) is 5.02 Å². The molecule has 0 bridgehead atoms. The lowest BCUT2D eigenvalue weighted by Gasteiger charge is -2.20. The number of hydrogen-bond acceptors (Lipinski definition) is 3. The van der Waals surface area contributed by atoms with E-state index in [4.69, 9.17) is 11.6 Å². The van der Waals surface area contributed by atoms with Crippen molar-refractivity contribution < 1.29 is 13.9 Å². The van der Waals surface area contributed by atoms with Crippen LogP contribution in [0.25, 0.3) is 10.9 Å². The molecule has 0 aliphatic rings. The summed E-state index contributed by atoms with van der Waals surface area (Å²) >= 11 is 6.06. The molecule has 0 radical (unpaired) electrons. The number of aromatic hydroxyl groups is 1. The normalized spacial score (nSPS) is 12.2. The van der Waals surface area contributed by atoms with Crippen molar-refractivity contribution in [3.05, 3.63) is 100 Å². The predicted octanol–water partition coefficient (Wildman–Crippen LogP) is 5.64. The zero-order valence-corrected chi connectivity index (χ0v) is 15.4. The second-order valence-corrected chi connectivity index (χ2v) is 6.90. The van der Waals surface area contributed by atoms with Gasteiger partial charge in [-0.05, 0) is 29.8 Å². The fourth-order valence-electron chi connectivity index (χ4n) is 3.37. The van der Waals surface area contributed by atoms with Gasteiger partial charge in [0.2, 0.25) is 0 Å². The minimum absolute atomic E-state index is 0.0335. The van der Waals surface area contributed by atoms with E-state index in [0.717, 1.165) is 11.5 Å². The third-order valence-electron chi connectivity index (χ3n) is 4.68. The lowest BCUT2D eigenvalue weighted by atomic mass is 9.85. The largest absolute Gasteiger partial charge is 0.505 e. The van der Waals surface area contributed by atoms with Crippen LogP contribution in [0, 0.1) is 11.6 Å². The number of nitrogens with zero attached hydrogens (tertiary/aromatic N) is 2. The molecule has 3 nitrogen and oxygen atoms in total. The molecule has 0 saturated heterocycles. The quantitative estimate of drug-likeness (QED) is 0.485. The van der Waals surface area contributed by atoms with Gasteiger partial charge in [0, 0.05) is 52.5 Å². The standard InChI is InChI=1S/C22H15ClF2N2O/c23-14-7-9-26-16(10-14)12-19(17-6-4-15(24)11-20(17)25)18-5-3-13-2-1-8-27-21(13)22(18)28/h1-11,19,28H,12H2. The lowest BCUT2D eigenvalue weighted by Crippen LogP contribution is -2.09. The summed E-state index contributed by atoms with van der Waals surface area (Å²) in [5.74, 6) is -1.98. The number of benzene rings is 2. The fraction of sp³-hybridized carbons (Fsp3) is 0.0909. The van der Waals surface area contributed by atoms with Crippen molar-refractivity contribution in [2.75, 3.05) is 0 Å². The summed E-state index contributed by atoms with van der Waals surface area (Å²) in [7, 11) is 0. The molecule has 28 heavy (non-hydrogen) atoms. The highest BCUT2D eigenvalue weighted by Gasteiger charge is 2.24. The van der Waals surface area contributed by atoms with Gasteiger partial charge in [-0.3, -0.25) is 9.97 Å². The van der Waals surface area contributed by atoms with E-state index in [0.29, 0.717) is 21.8 Å². The number of fused-ring (bicyclic) bond motifs is 1. The maximum atomic E-state index is 14.6. The molecule has 0 saturated carbocycles. The van der Waals surface area contributed by atoms with E-state index in [-0.39, 0.29) is 17.7 Å². The van der Waals surface area contributed by atoms with Gasteiger partial charge in [-0.15, -0.1) is 0 Å². The van der Waals surface area contributed by atoms with E-state index < -0.39 is 17.6 Å². The second kappa shape index (κ2) is 7.52. The number of halogens is 3. The molecule has 2 heterocycles. The molecule has 2 aromatic heterocycles. The first-order chi connectivity index (χ1) is 13.5. The monoisotopic (exact) mass is 396 g/mol. The molecule has 1 N–H and O–H groups in total. The van der Waals surface area contributed by atoms with Gasteiger partial charge >= 0.3 is 0 Å². The Morgan fingerprint density at radius 2 is 1.75 bits per heavy atom. The van der Waals surface area contributed by atoms with E-state index in [1.54, 1.807) is 36.7 Å². The molecule has 0 amide bonds. The Morgan fingerprint density at radius 3 is 2.54 bits per heavy atom. The Morgan fingerprint density at radius 1 is 0.929 bits per heavy atom. The van der Waals surface area contributed by atoms with E-state index in [1.165, 1.54) is 12.1 Å². The average Bonchev–Trinajstić information content (AvgIpc) is 2.67. The molecule has 0 aliphatic heterocycles. The Labute approximate surface area is 165 Å². The van der Waals surface area contributed by atoms with Gasteiger partial charge in [0.05, 0.1) is 0 Å². The molecule has 0 fully saturated rings. The van der Waals surface area contributed by atoms with Crippen molar-refractivity contribution in [1.82, 2.24) is 9.97 Å². The number of aromatic nitrogens is 2. The third kappa shape index (κ3) is 3.53. The van der Waals surface area contributed by atoms with Gasteiger partial charge in [-0.1, -0.05) is 35.9 Å². The number of phenolic OH excluding ortho intramolecular Hbond substituents is 1. The average molecular weight is 397 g/mol. The molecular formula is C22H15ClF2N2O. The highest BCUT2D eigenvalue weighted by molar-refractivity contribution is 6.30. The summed E-state index contributed by atoms with van der Waals surface area (Å²) < 4.78 is 28.1. The summed E-state index contributed by atoms with van der Waals surface area (Å²) in [5.41, 5.74) is 1.79. The molecule has 1 atom stereocenters. The van der Waals surface area contributed by atoms with E-state index in [2.05, 4.69) is 9.97 Å². The Hall–Kier alpha value is -3.05. The molecule has 0 spiro atoms. The van der Waals surface area contributed by atoms with Crippen molar-refractivity contribution in [3.63, 3.8) is 0 Å². The highest BCUT2D eigenvalue weighted by Crippen LogP contribution is 2.38. The molecule has 140 valence electrons. The van der Waals surface area contributed by atoms with Crippen molar-refractivity contribution in [1.29, 1.82) is 0 Å². The van der Waals surface area contributed by atoms with Crippen LogP contribution in [0.3, 0.4) is 0 Å². The van der Waals surface area contributed by atoms with Crippen molar-refractivity contribution in [2.45, 2.75) is 12.3 Å². The van der Waals surface area contributed by atoms with Crippen LogP contribution >= 0.6 is 11.6 Å². The summed E-state index contributed by atoms with van der Waals surface area (Å²) in [6.07, 6.45) is 3.42. The fourth-order valence-corrected chi connectivity index (χ4v) is 3.55. The van der Waals surface area contributed by atoms with E-state index >= 15 is 0 Å². The van der Waals surface area contributed by atoms with Crippen molar-refractivity contribution >= 4 is 22.5 Å². The zero-order chi connectivity index (χ0) is 19.7. The summed E-state index contributed by atoms with van der Waals surface area (Å²) in [6, 6.07) is 13.9. The maximum Gasteiger partial charge on any atom is 0.145 e. The Kier molecular flexibility index (Phi) is 4.92. The summed E-state index contributed by atoms with van der Waals surface area (Å²) in [4.78, 5) is 8.53. The molecule has 4 aromatic rings. The second-order valence-electron chi connectivity index (χ2n) is 6.47. The maximum absolute atomic E-state index is 14.6. The molecule has 0 aliphatic carbocycles. The predicted molar refractivity (Wildman–Crippen MR) is 105 cm³/mol. The smallest absolute Gasteiger partial charge is 0.145 e. The molecule has 2 aromatic carbocycles. The number of hydrogen-bond donors (Lipinski definition) is 1. The SMILES string of the molecule is Oc1c(C(Cc2cc(Cl)ccn2)c2ccc(F)cc2F)ccc2cccnc12. The minimum atomic E-state index is -0.687. The highest BCUT2D eigenvalue weighted by atomic mass is 35.5. The molecule has 1 unspecified atom stereocenters. The number of pyridine rings is 2. The first-order valence-corrected chi connectivity index (χ1v) is 9.02. The third-order valence-corrected chi connectivity index (χ3v) is 4.92. The van der Waals surface area contributed by atoms with Gasteiger partial charge < -0.3 is 5.11 Å². The first kappa shape index (κ1) is 18.3. The van der Waals surface area contributed by atoms with Crippen LogP contribution in [0.4, 0.5) is 8.78 Å². The van der Waals surface area contributed by atoms with E-state index in [9.17, 15) is 13.9 Å². The van der Waals surface area contributed by atoms with Crippen LogP contribution in [0.1, 0.15) is 22.7 Å². The minimum Gasteiger partial charge on any atom is -0.505 e. The van der Waals surface area contributed by atoms with Crippen LogP contribution in [-0.4, -0.2) is 15.1 Å². The lowest BCUT2D eigenvalue weighted by molar-refractivity contribution is 0.467. The molecule has 6 heteroatoms. The molecule has 4 rings (SSSR count). The summed E-state index contributed by atoms with van der Waals surface area (Å²) in [5, 5.41) is 12.1. The van der Waals surface area contributed by atoms with Gasteiger partial charge in [-0.25, -0.2) is 8.78 Å². The van der Waals surface area contributed by atoms with Gasteiger partial charge in [0.1, 0.15) is 22.9 Å². The van der Waals surface area contributed by atoms with Crippen LogP contribution in [-0.2, 0) is 6.42 Å². The van der Waals surface area contributed by atoms with Gasteiger partial charge in [0.25, 0.3) is 0 Å².